The number of anilines is 1. The van der Waals surface area contributed by atoms with E-state index in [1.165, 1.54) is 10.4 Å². The predicted octanol–water partition coefficient (Wildman–Crippen LogP) is 3.36. The molecule has 1 aromatic heterocycles. The molecule has 2 saturated heterocycles. The Morgan fingerprint density at radius 2 is 1.96 bits per heavy atom. The normalized spacial score (nSPS) is 21.4. The zero-order chi connectivity index (χ0) is 18.5. The van der Waals surface area contributed by atoms with Crippen molar-refractivity contribution in [1.82, 2.24) is 9.80 Å². The number of thiophene rings is 1. The molecule has 6 heteroatoms. The van der Waals surface area contributed by atoms with Crippen molar-refractivity contribution in [2.45, 2.75) is 25.4 Å². The van der Waals surface area contributed by atoms with E-state index in [9.17, 15) is 4.79 Å². The van der Waals surface area contributed by atoms with E-state index in [-0.39, 0.29) is 5.91 Å². The van der Waals surface area contributed by atoms with Gasteiger partial charge in [0.15, 0.2) is 0 Å². The molecule has 1 N–H and O–H groups in total. The molecule has 0 radical (unpaired) electrons. The average molecular weight is 386 g/mol. The molecule has 0 saturated carbocycles. The third-order valence-corrected chi connectivity index (χ3v) is 6.30. The van der Waals surface area contributed by atoms with Gasteiger partial charge < -0.3 is 10.1 Å². The molecular formula is C21H27N3O2S. The molecular weight excluding hydrogens is 358 g/mol. The SMILES string of the molecule is O=C(CN1CCCC1c1cccs1)Nc1ccc(CN2CCOCC2)cc1. The van der Waals surface area contributed by atoms with Crippen LogP contribution in [-0.2, 0) is 16.1 Å². The van der Waals surface area contributed by atoms with E-state index in [1.54, 1.807) is 11.3 Å². The van der Waals surface area contributed by atoms with Crippen molar-refractivity contribution in [2.75, 3.05) is 44.7 Å². The Morgan fingerprint density at radius 1 is 1.15 bits per heavy atom. The third kappa shape index (κ3) is 4.96. The number of rotatable bonds is 6. The number of hydrogen-bond acceptors (Lipinski definition) is 5. The quantitative estimate of drug-likeness (QED) is 0.828. The zero-order valence-electron chi connectivity index (χ0n) is 15.6. The van der Waals surface area contributed by atoms with Gasteiger partial charge in [0.2, 0.25) is 5.91 Å². The van der Waals surface area contributed by atoms with Gasteiger partial charge >= 0.3 is 0 Å². The standard InChI is InChI=1S/C21H27N3O2S/c25-21(16-24-9-1-3-19(24)20-4-2-14-27-20)22-18-7-5-17(6-8-18)15-23-10-12-26-13-11-23/h2,4-8,14,19H,1,3,9-13,15-16H2,(H,22,25). The Labute approximate surface area is 164 Å². The van der Waals surface area contributed by atoms with Crippen molar-refractivity contribution < 1.29 is 9.53 Å². The number of carbonyl (C=O) groups is 1. The maximum Gasteiger partial charge on any atom is 0.238 e. The van der Waals surface area contributed by atoms with Crippen molar-refractivity contribution >= 4 is 22.9 Å². The molecule has 1 aromatic carbocycles. The molecule has 144 valence electrons. The Kier molecular flexibility index (Phi) is 6.19. The molecule has 27 heavy (non-hydrogen) atoms. The Bertz CT molecular complexity index is 726. The van der Waals surface area contributed by atoms with Crippen LogP contribution in [0.1, 0.15) is 29.3 Å². The third-order valence-electron chi connectivity index (χ3n) is 5.33. The van der Waals surface area contributed by atoms with Gasteiger partial charge in [-0.15, -0.1) is 11.3 Å². The number of nitrogens with zero attached hydrogens (tertiary/aromatic N) is 2. The number of ether oxygens (including phenoxy) is 1. The van der Waals surface area contributed by atoms with Crippen molar-refractivity contribution in [2.24, 2.45) is 0 Å². The fraction of sp³-hybridized carbons (Fsp3) is 0.476. The number of morpholine rings is 1. The molecule has 1 atom stereocenters. The molecule has 3 heterocycles. The number of hydrogen-bond donors (Lipinski definition) is 1. The van der Waals surface area contributed by atoms with Crippen LogP contribution in [0.2, 0.25) is 0 Å². The summed E-state index contributed by atoms with van der Waals surface area (Å²) < 4.78 is 5.39. The topological polar surface area (TPSA) is 44.8 Å². The van der Waals surface area contributed by atoms with E-state index in [4.69, 9.17) is 4.74 Å². The molecule has 0 aliphatic carbocycles. The first-order valence-electron chi connectivity index (χ1n) is 9.74. The molecule has 2 aliphatic heterocycles. The molecule has 1 amide bonds. The number of nitrogens with one attached hydrogen (secondary N) is 1. The highest BCUT2D eigenvalue weighted by atomic mass is 32.1. The number of carbonyl (C=O) groups excluding carboxylic acids is 1. The molecule has 1 unspecified atom stereocenters. The van der Waals surface area contributed by atoms with E-state index >= 15 is 0 Å². The minimum Gasteiger partial charge on any atom is -0.379 e. The first-order chi connectivity index (χ1) is 13.3. The number of benzene rings is 1. The second kappa shape index (κ2) is 8.97. The molecule has 2 aromatic rings. The predicted molar refractivity (Wildman–Crippen MR) is 109 cm³/mol. The smallest absolute Gasteiger partial charge is 0.238 e. The van der Waals surface area contributed by atoms with Crippen molar-refractivity contribution in [3.63, 3.8) is 0 Å². The highest BCUT2D eigenvalue weighted by molar-refractivity contribution is 7.10. The first kappa shape index (κ1) is 18.6. The van der Waals surface area contributed by atoms with E-state index in [1.807, 2.05) is 12.1 Å². The van der Waals surface area contributed by atoms with Crippen LogP contribution in [0, 0.1) is 0 Å². The summed E-state index contributed by atoms with van der Waals surface area (Å²) in [5.41, 5.74) is 2.14. The van der Waals surface area contributed by atoms with Crippen LogP contribution < -0.4 is 5.32 Å². The fourth-order valence-corrected chi connectivity index (χ4v) is 4.81. The van der Waals surface area contributed by atoms with Crippen molar-refractivity contribution in [3.8, 4) is 0 Å². The summed E-state index contributed by atoms with van der Waals surface area (Å²) in [7, 11) is 0. The lowest BCUT2D eigenvalue weighted by Gasteiger charge is -2.26. The largest absolute Gasteiger partial charge is 0.379 e. The van der Waals surface area contributed by atoms with Gasteiger partial charge in [-0.3, -0.25) is 14.6 Å². The van der Waals surface area contributed by atoms with E-state index < -0.39 is 0 Å². The lowest BCUT2D eigenvalue weighted by Crippen LogP contribution is -2.35. The fourth-order valence-electron chi connectivity index (χ4n) is 3.91. The summed E-state index contributed by atoms with van der Waals surface area (Å²) in [6.45, 7) is 5.99. The van der Waals surface area contributed by atoms with Gasteiger partial charge in [0.1, 0.15) is 0 Å². The summed E-state index contributed by atoms with van der Waals surface area (Å²) in [5, 5.41) is 5.17. The second-order valence-corrected chi connectivity index (χ2v) is 8.26. The van der Waals surface area contributed by atoms with Crippen LogP contribution in [0.4, 0.5) is 5.69 Å². The maximum absolute atomic E-state index is 12.5. The van der Waals surface area contributed by atoms with Crippen LogP contribution in [0.3, 0.4) is 0 Å². The van der Waals surface area contributed by atoms with E-state index in [0.29, 0.717) is 12.6 Å². The van der Waals surface area contributed by atoms with Crippen molar-refractivity contribution in [3.05, 3.63) is 52.2 Å². The van der Waals surface area contributed by atoms with Gasteiger partial charge in [-0.1, -0.05) is 18.2 Å². The lowest BCUT2D eigenvalue weighted by molar-refractivity contribution is -0.117. The van der Waals surface area contributed by atoms with Crippen LogP contribution in [0.5, 0.6) is 0 Å². The molecule has 0 spiro atoms. The highest BCUT2D eigenvalue weighted by Gasteiger charge is 2.28. The van der Waals surface area contributed by atoms with Gasteiger partial charge in [-0.25, -0.2) is 0 Å². The summed E-state index contributed by atoms with van der Waals surface area (Å²) in [6, 6.07) is 12.9. The maximum atomic E-state index is 12.5. The second-order valence-electron chi connectivity index (χ2n) is 7.28. The molecule has 5 nitrogen and oxygen atoms in total. The summed E-state index contributed by atoms with van der Waals surface area (Å²) >= 11 is 1.79. The lowest BCUT2D eigenvalue weighted by atomic mass is 10.2. The van der Waals surface area contributed by atoms with Gasteiger partial charge in [0.05, 0.1) is 19.8 Å². The van der Waals surface area contributed by atoms with Gasteiger partial charge in [-0.2, -0.15) is 0 Å². The van der Waals surface area contributed by atoms with Gasteiger partial charge in [-0.05, 0) is 48.5 Å². The minimum atomic E-state index is 0.0689. The van der Waals surface area contributed by atoms with Crippen LogP contribution in [0.25, 0.3) is 0 Å². The molecule has 0 bridgehead atoms. The van der Waals surface area contributed by atoms with Crippen LogP contribution >= 0.6 is 11.3 Å². The monoisotopic (exact) mass is 385 g/mol. The Morgan fingerprint density at radius 3 is 2.70 bits per heavy atom. The van der Waals surface area contributed by atoms with Gasteiger partial charge in [0.25, 0.3) is 0 Å². The number of amides is 1. The van der Waals surface area contributed by atoms with Gasteiger partial charge in [0, 0.05) is 36.2 Å². The summed E-state index contributed by atoms with van der Waals surface area (Å²) in [4.78, 5) is 18.6. The van der Waals surface area contributed by atoms with E-state index in [0.717, 1.165) is 57.9 Å². The Balaban J connectivity index is 1.29. The Hall–Kier alpha value is -1.73. The summed E-state index contributed by atoms with van der Waals surface area (Å²) in [5.74, 6) is 0.0689. The van der Waals surface area contributed by atoms with Crippen LogP contribution in [0.15, 0.2) is 41.8 Å². The minimum absolute atomic E-state index is 0.0689. The average Bonchev–Trinajstić information content (AvgIpc) is 3.36. The van der Waals surface area contributed by atoms with Crippen molar-refractivity contribution in [1.29, 1.82) is 0 Å². The highest BCUT2D eigenvalue weighted by Crippen LogP contribution is 2.34. The first-order valence-corrected chi connectivity index (χ1v) is 10.6. The molecule has 2 fully saturated rings. The zero-order valence-corrected chi connectivity index (χ0v) is 16.4. The molecule has 4 rings (SSSR count). The number of likely N-dealkylation sites (tertiary alicyclic amines) is 1. The van der Waals surface area contributed by atoms with E-state index in [2.05, 4.69) is 44.8 Å². The van der Waals surface area contributed by atoms with Crippen LogP contribution in [-0.4, -0.2) is 55.1 Å². The molecule has 2 aliphatic rings. The summed E-state index contributed by atoms with van der Waals surface area (Å²) in [6.07, 6.45) is 2.30.